The topological polar surface area (TPSA) is 40.3 Å². The summed E-state index contributed by atoms with van der Waals surface area (Å²) in [7, 11) is 0. The molecule has 0 radical (unpaired) electrons. The Morgan fingerprint density at radius 2 is 2.12 bits per heavy atom. The lowest BCUT2D eigenvalue weighted by atomic mass is 10.3. The summed E-state index contributed by atoms with van der Waals surface area (Å²) in [5.41, 5.74) is 1.25. The minimum Gasteiger partial charge on any atom is -0.380 e. The van der Waals surface area contributed by atoms with Gasteiger partial charge in [-0.1, -0.05) is 0 Å². The molecule has 0 amide bonds. The number of nitrogens with one attached hydrogen (secondary N) is 2. The molecule has 0 spiro atoms. The highest BCUT2D eigenvalue weighted by molar-refractivity contribution is 5.03. The van der Waals surface area contributed by atoms with Gasteiger partial charge in [-0.3, -0.25) is 4.90 Å². The van der Waals surface area contributed by atoms with E-state index in [4.69, 9.17) is 4.74 Å². The third-order valence-electron chi connectivity index (χ3n) is 2.94. The molecule has 1 aliphatic rings. The third kappa shape index (κ3) is 3.96. The molecule has 0 saturated carbocycles. The Kier molecular flexibility index (Phi) is 4.86. The molecule has 1 aliphatic heterocycles. The fourth-order valence-corrected chi connectivity index (χ4v) is 1.94. The van der Waals surface area contributed by atoms with E-state index in [1.54, 1.807) is 0 Å². The molecule has 1 aromatic rings. The van der Waals surface area contributed by atoms with Crippen molar-refractivity contribution in [2.24, 2.45) is 0 Å². The van der Waals surface area contributed by atoms with Gasteiger partial charge in [0.25, 0.3) is 0 Å². The molecule has 0 aliphatic carbocycles. The highest BCUT2D eigenvalue weighted by Gasteiger charge is 2.08. The quantitative estimate of drug-likeness (QED) is 0.689. The summed E-state index contributed by atoms with van der Waals surface area (Å²) in [6, 6.07) is 4.12. The summed E-state index contributed by atoms with van der Waals surface area (Å²) < 4.78 is 5.63. The van der Waals surface area contributed by atoms with Crippen LogP contribution in [-0.4, -0.2) is 55.8 Å². The summed E-state index contributed by atoms with van der Waals surface area (Å²) in [6.07, 6.45) is 2.94. The van der Waals surface area contributed by atoms with Gasteiger partial charge in [-0.05, 0) is 12.1 Å². The first kappa shape index (κ1) is 11.6. The maximum atomic E-state index is 5.63. The molecule has 4 heteroatoms. The lowest BCUT2D eigenvalue weighted by Crippen LogP contribution is -2.44. The van der Waals surface area contributed by atoms with E-state index < -0.39 is 0 Å². The fraction of sp³-hybridized carbons (Fsp3) is 0.667. The van der Waals surface area contributed by atoms with E-state index in [-0.39, 0.29) is 0 Å². The van der Waals surface area contributed by atoms with Crippen LogP contribution < -0.4 is 5.32 Å². The second-order valence-electron chi connectivity index (χ2n) is 4.15. The van der Waals surface area contributed by atoms with E-state index in [0.29, 0.717) is 0 Å². The van der Waals surface area contributed by atoms with Crippen LogP contribution in [0.15, 0.2) is 18.3 Å². The van der Waals surface area contributed by atoms with Crippen molar-refractivity contribution in [3.05, 3.63) is 24.0 Å². The Hall–Kier alpha value is -0.840. The van der Waals surface area contributed by atoms with Crippen LogP contribution in [0.3, 0.4) is 0 Å². The molecule has 1 aromatic heterocycles. The third-order valence-corrected chi connectivity index (χ3v) is 2.94. The molecular formula is C12H21N3O. The zero-order valence-corrected chi connectivity index (χ0v) is 9.74. The maximum Gasteiger partial charge on any atom is 0.0593 e. The Labute approximate surface area is 97.0 Å². The van der Waals surface area contributed by atoms with Crippen LogP contribution in [0.1, 0.15) is 5.69 Å². The monoisotopic (exact) mass is 223 g/mol. The zero-order valence-electron chi connectivity index (χ0n) is 9.74. The van der Waals surface area contributed by atoms with E-state index in [1.807, 2.05) is 12.3 Å². The Morgan fingerprint density at radius 3 is 2.88 bits per heavy atom. The first-order valence-corrected chi connectivity index (χ1v) is 6.08. The van der Waals surface area contributed by atoms with E-state index in [9.17, 15) is 0 Å². The summed E-state index contributed by atoms with van der Waals surface area (Å²) in [5.74, 6) is 0. The molecule has 1 fully saturated rings. The number of hydrogen-bond acceptors (Lipinski definition) is 3. The van der Waals surface area contributed by atoms with Gasteiger partial charge in [0.2, 0.25) is 0 Å². The number of rotatable bonds is 6. The highest BCUT2D eigenvalue weighted by atomic mass is 16.5. The molecule has 0 unspecified atom stereocenters. The summed E-state index contributed by atoms with van der Waals surface area (Å²) in [6.45, 7) is 7.25. The van der Waals surface area contributed by atoms with Crippen LogP contribution in [0.2, 0.25) is 0 Å². The van der Waals surface area contributed by atoms with E-state index in [1.165, 1.54) is 5.69 Å². The molecular weight excluding hydrogens is 202 g/mol. The first-order chi connectivity index (χ1) is 7.95. The minimum atomic E-state index is 0.812. The van der Waals surface area contributed by atoms with Gasteiger partial charge >= 0.3 is 0 Å². The number of H-pyrrole nitrogens is 1. The number of nitrogens with zero attached hydrogens (tertiary/aromatic N) is 1. The van der Waals surface area contributed by atoms with Crippen molar-refractivity contribution in [1.82, 2.24) is 15.2 Å². The van der Waals surface area contributed by atoms with E-state index in [0.717, 1.165) is 52.4 Å². The number of aromatic nitrogens is 1. The van der Waals surface area contributed by atoms with Crippen molar-refractivity contribution in [2.75, 3.05) is 45.9 Å². The average molecular weight is 223 g/mol. The average Bonchev–Trinajstić information content (AvgIpc) is 2.83. The molecule has 4 nitrogen and oxygen atoms in total. The van der Waals surface area contributed by atoms with E-state index >= 15 is 0 Å². The summed E-state index contributed by atoms with van der Waals surface area (Å²) >= 11 is 0. The van der Waals surface area contributed by atoms with Crippen LogP contribution in [0.25, 0.3) is 0 Å². The maximum absolute atomic E-state index is 5.63. The van der Waals surface area contributed by atoms with Gasteiger partial charge in [0.1, 0.15) is 0 Å². The lowest BCUT2D eigenvalue weighted by Gasteiger charge is -2.26. The molecule has 2 heterocycles. The normalized spacial score (nSPS) is 17.8. The molecule has 16 heavy (non-hydrogen) atoms. The number of piperazine rings is 1. The number of aromatic amines is 1. The molecule has 0 aromatic carbocycles. The largest absolute Gasteiger partial charge is 0.380 e. The second-order valence-corrected chi connectivity index (χ2v) is 4.15. The highest BCUT2D eigenvalue weighted by Crippen LogP contribution is 1.96. The van der Waals surface area contributed by atoms with E-state index in [2.05, 4.69) is 21.3 Å². The van der Waals surface area contributed by atoms with Gasteiger partial charge in [-0.2, -0.15) is 0 Å². The molecule has 0 atom stereocenters. The Balaban J connectivity index is 1.48. The molecule has 90 valence electrons. The predicted octanol–water partition coefficient (Wildman–Crippen LogP) is 0.479. The van der Waals surface area contributed by atoms with Gasteiger partial charge in [0.15, 0.2) is 0 Å². The molecule has 0 bridgehead atoms. The SMILES string of the molecule is c1c[nH]c(CCOCCN2CCNCC2)c1. The standard InChI is InChI=1S/C12H21N3O/c1-2-12(14-4-1)3-10-16-11-9-15-7-5-13-6-8-15/h1-2,4,13-14H,3,5-11H2. The zero-order chi connectivity index (χ0) is 11.1. The predicted molar refractivity (Wildman–Crippen MR) is 64.6 cm³/mol. The van der Waals surface area contributed by atoms with Crippen molar-refractivity contribution in [2.45, 2.75) is 6.42 Å². The van der Waals surface area contributed by atoms with Gasteiger partial charge in [-0.25, -0.2) is 0 Å². The Bertz CT molecular complexity index is 268. The molecule has 2 rings (SSSR count). The van der Waals surface area contributed by atoms with Crippen molar-refractivity contribution in [1.29, 1.82) is 0 Å². The van der Waals surface area contributed by atoms with Crippen LogP contribution in [0, 0.1) is 0 Å². The van der Waals surface area contributed by atoms with Crippen LogP contribution >= 0.6 is 0 Å². The lowest BCUT2D eigenvalue weighted by molar-refractivity contribution is 0.101. The van der Waals surface area contributed by atoms with Gasteiger partial charge in [-0.15, -0.1) is 0 Å². The van der Waals surface area contributed by atoms with Gasteiger partial charge < -0.3 is 15.0 Å². The molecule has 2 N–H and O–H groups in total. The second kappa shape index (κ2) is 6.68. The summed E-state index contributed by atoms with van der Waals surface area (Å²) in [4.78, 5) is 5.63. The number of hydrogen-bond donors (Lipinski definition) is 2. The van der Waals surface area contributed by atoms with Crippen molar-refractivity contribution in [3.8, 4) is 0 Å². The minimum absolute atomic E-state index is 0.812. The van der Waals surface area contributed by atoms with Crippen LogP contribution in [0.4, 0.5) is 0 Å². The van der Waals surface area contributed by atoms with Crippen molar-refractivity contribution < 1.29 is 4.74 Å². The fourth-order valence-electron chi connectivity index (χ4n) is 1.94. The molecule has 1 saturated heterocycles. The van der Waals surface area contributed by atoms with Gasteiger partial charge in [0.05, 0.1) is 13.2 Å². The van der Waals surface area contributed by atoms with Crippen LogP contribution in [-0.2, 0) is 11.2 Å². The number of ether oxygens (including phenoxy) is 1. The first-order valence-electron chi connectivity index (χ1n) is 6.08. The van der Waals surface area contributed by atoms with Crippen molar-refractivity contribution in [3.63, 3.8) is 0 Å². The smallest absolute Gasteiger partial charge is 0.0593 e. The summed E-state index contributed by atoms with van der Waals surface area (Å²) in [5, 5.41) is 3.35. The van der Waals surface area contributed by atoms with Crippen molar-refractivity contribution >= 4 is 0 Å². The Morgan fingerprint density at radius 1 is 1.25 bits per heavy atom. The van der Waals surface area contributed by atoms with Gasteiger partial charge in [0, 0.05) is 51.0 Å². The van der Waals surface area contributed by atoms with Crippen LogP contribution in [0.5, 0.6) is 0 Å².